The maximum Gasteiger partial charge on any atom is 0.257 e. The Morgan fingerprint density at radius 1 is 1.19 bits per heavy atom. The van der Waals surface area contributed by atoms with Gasteiger partial charge in [0.25, 0.3) is 5.91 Å². The van der Waals surface area contributed by atoms with Crippen LogP contribution in [0.2, 0.25) is 0 Å². The van der Waals surface area contributed by atoms with Crippen LogP contribution in [0.5, 0.6) is 0 Å². The van der Waals surface area contributed by atoms with E-state index in [1.165, 1.54) is 6.07 Å². The van der Waals surface area contributed by atoms with Gasteiger partial charge < -0.3 is 10.6 Å². The van der Waals surface area contributed by atoms with Gasteiger partial charge in [0, 0.05) is 24.8 Å². The van der Waals surface area contributed by atoms with E-state index in [0.29, 0.717) is 5.75 Å². The molecule has 1 atom stereocenters. The van der Waals surface area contributed by atoms with Gasteiger partial charge in [-0.3, -0.25) is 9.59 Å². The summed E-state index contributed by atoms with van der Waals surface area (Å²) in [6.45, 7) is 2.11. The van der Waals surface area contributed by atoms with Crippen LogP contribution in [0.3, 0.4) is 0 Å². The summed E-state index contributed by atoms with van der Waals surface area (Å²) < 4.78 is 26.7. The molecule has 21 heavy (non-hydrogen) atoms. The van der Waals surface area contributed by atoms with Gasteiger partial charge >= 0.3 is 0 Å². The number of nitrogens with one attached hydrogen (secondary N) is 2. The highest BCUT2D eigenvalue weighted by atomic mass is 32.2. The minimum atomic E-state index is -0.912. The summed E-state index contributed by atoms with van der Waals surface area (Å²) in [5.74, 6) is -2.19. The Hall–Kier alpha value is -1.63. The number of hydrogen-bond donors (Lipinski definition) is 2. The van der Waals surface area contributed by atoms with Gasteiger partial charge in [0.2, 0.25) is 5.91 Å². The first-order valence-electron chi connectivity index (χ1n) is 6.46. The van der Waals surface area contributed by atoms with Crippen molar-refractivity contribution in [3.63, 3.8) is 0 Å². The van der Waals surface area contributed by atoms with Crippen LogP contribution in [-0.4, -0.2) is 36.9 Å². The Kier molecular flexibility index (Phi) is 7.14. The average molecular weight is 316 g/mol. The average Bonchev–Trinajstić information content (AvgIpc) is 2.43. The molecule has 0 saturated heterocycles. The molecule has 1 aromatic rings. The van der Waals surface area contributed by atoms with Crippen LogP contribution in [0.1, 0.15) is 17.3 Å². The lowest BCUT2D eigenvalue weighted by Gasteiger charge is -2.11. The zero-order valence-corrected chi connectivity index (χ0v) is 12.7. The molecule has 1 rings (SSSR count). The molecule has 0 bridgehead atoms. The molecule has 0 radical (unpaired) electrons. The second-order valence-electron chi connectivity index (χ2n) is 4.50. The molecular formula is C14H18F2N2O2S. The van der Waals surface area contributed by atoms with E-state index in [0.717, 1.165) is 12.1 Å². The molecule has 0 aliphatic carbocycles. The van der Waals surface area contributed by atoms with Crippen molar-refractivity contribution >= 4 is 23.6 Å². The molecule has 0 aliphatic rings. The molecule has 2 amide bonds. The maximum absolute atomic E-state index is 13.4. The van der Waals surface area contributed by atoms with Crippen molar-refractivity contribution < 1.29 is 18.4 Å². The van der Waals surface area contributed by atoms with Crippen molar-refractivity contribution in [2.45, 2.75) is 6.92 Å². The highest BCUT2D eigenvalue weighted by Crippen LogP contribution is 2.11. The first-order valence-corrected chi connectivity index (χ1v) is 7.85. The van der Waals surface area contributed by atoms with Crippen LogP contribution < -0.4 is 10.6 Å². The molecule has 7 heteroatoms. The Morgan fingerprint density at radius 3 is 2.33 bits per heavy atom. The Labute approximate surface area is 126 Å². The van der Waals surface area contributed by atoms with Crippen LogP contribution in [0.15, 0.2) is 18.2 Å². The van der Waals surface area contributed by atoms with E-state index < -0.39 is 23.1 Å². The first-order chi connectivity index (χ1) is 9.97. The monoisotopic (exact) mass is 316 g/mol. The number of hydrogen-bond acceptors (Lipinski definition) is 3. The smallest absolute Gasteiger partial charge is 0.257 e. The van der Waals surface area contributed by atoms with Gasteiger partial charge in [-0.1, -0.05) is 13.0 Å². The van der Waals surface area contributed by atoms with E-state index in [9.17, 15) is 18.4 Å². The summed E-state index contributed by atoms with van der Waals surface area (Å²) in [6, 6.07) is 3.22. The number of carbonyl (C=O) groups excluding carboxylic acids is 2. The number of benzene rings is 1. The second-order valence-corrected chi connectivity index (χ2v) is 5.41. The molecule has 4 nitrogen and oxygen atoms in total. The van der Waals surface area contributed by atoms with Gasteiger partial charge in [-0.15, -0.1) is 0 Å². The predicted molar refractivity (Wildman–Crippen MR) is 79.2 cm³/mol. The minimum Gasteiger partial charge on any atom is -0.354 e. The fourth-order valence-electron chi connectivity index (χ4n) is 1.66. The van der Waals surface area contributed by atoms with Gasteiger partial charge in [-0.25, -0.2) is 8.78 Å². The molecule has 0 saturated carbocycles. The highest BCUT2D eigenvalue weighted by molar-refractivity contribution is 7.98. The van der Waals surface area contributed by atoms with Crippen LogP contribution in [0, 0.1) is 17.6 Å². The Bertz CT molecular complexity index is 491. The fourth-order valence-corrected chi connectivity index (χ4v) is 2.32. The summed E-state index contributed by atoms with van der Waals surface area (Å²) in [4.78, 5) is 23.3. The topological polar surface area (TPSA) is 58.2 Å². The second kappa shape index (κ2) is 8.61. The number of carbonyl (C=O) groups is 2. The molecule has 0 fully saturated rings. The summed E-state index contributed by atoms with van der Waals surface area (Å²) in [5.41, 5.74) is -0.612. The van der Waals surface area contributed by atoms with Crippen molar-refractivity contribution in [3.8, 4) is 0 Å². The largest absolute Gasteiger partial charge is 0.354 e. The fraction of sp³-hybridized carbons (Fsp3) is 0.429. The summed E-state index contributed by atoms with van der Waals surface area (Å²) >= 11 is 1.57. The van der Waals surface area contributed by atoms with Crippen molar-refractivity contribution in [1.29, 1.82) is 0 Å². The molecule has 0 heterocycles. The molecule has 1 aromatic carbocycles. The molecule has 0 unspecified atom stereocenters. The third-order valence-electron chi connectivity index (χ3n) is 2.76. The third-order valence-corrected chi connectivity index (χ3v) is 3.60. The normalized spacial score (nSPS) is 11.8. The quantitative estimate of drug-likeness (QED) is 0.754. The lowest BCUT2D eigenvalue weighted by molar-refractivity contribution is -0.123. The predicted octanol–water partition coefficient (Wildman–Crippen LogP) is 1.81. The number of halogens is 2. The number of amides is 2. The zero-order valence-electron chi connectivity index (χ0n) is 11.9. The standard InChI is InChI=1S/C14H18F2N2O2S/c1-9(8-21-2)13(19)17-6-7-18-14(20)12-10(15)4-3-5-11(12)16/h3-5,9H,6-8H2,1-2H3,(H,17,19)(H,18,20)/t9-/m0/s1. The molecule has 0 aromatic heterocycles. The van der Waals surface area contributed by atoms with Gasteiger partial charge in [0.15, 0.2) is 0 Å². The van der Waals surface area contributed by atoms with Crippen molar-refractivity contribution in [3.05, 3.63) is 35.4 Å². The van der Waals surface area contributed by atoms with Crippen LogP contribution in [0.25, 0.3) is 0 Å². The van der Waals surface area contributed by atoms with Crippen molar-refractivity contribution in [2.24, 2.45) is 5.92 Å². The van der Waals surface area contributed by atoms with E-state index in [1.807, 2.05) is 6.26 Å². The summed E-state index contributed by atoms with van der Waals surface area (Å²) in [5, 5.41) is 5.02. The zero-order chi connectivity index (χ0) is 15.8. The summed E-state index contributed by atoms with van der Waals surface area (Å²) in [6.07, 6.45) is 1.91. The summed E-state index contributed by atoms with van der Waals surface area (Å²) in [7, 11) is 0. The van der Waals surface area contributed by atoms with E-state index in [1.54, 1.807) is 18.7 Å². The molecule has 0 aliphatic heterocycles. The minimum absolute atomic E-state index is 0.102. The molecule has 0 spiro atoms. The van der Waals surface area contributed by atoms with Gasteiger partial charge in [0.1, 0.15) is 17.2 Å². The SMILES string of the molecule is CSC[C@H](C)C(=O)NCCNC(=O)c1c(F)cccc1F. The lowest BCUT2D eigenvalue weighted by atomic mass is 10.2. The Balaban J connectivity index is 2.39. The van der Waals surface area contributed by atoms with Crippen molar-refractivity contribution in [1.82, 2.24) is 10.6 Å². The third kappa shape index (κ3) is 5.34. The lowest BCUT2D eigenvalue weighted by Crippen LogP contribution is -2.37. The number of thioether (sulfide) groups is 1. The van der Waals surface area contributed by atoms with E-state index in [2.05, 4.69) is 10.6 Å². The van der Waals surface area contributed by atoms with Crippen LogP contribution in [-0.2, 0) is 4.79 Å². The van der Waals surface area contributed by atoms with Gasteiger partial charge in [-0.2, -0.15) is 11.8 Å². The number of rotatable bonds is 7. The van der Waals surface area contributed by atoms with Crippen LogP contribution in [0.4, 0.5) is 8.78 Å². The Morgan fingerprint density at radius 2 is 1.76 bits per heavy atom. The van der Waals surface area contributed by atoms with E-state index in [4.69, 9.17) is 0 Å². The molecule has 2 N–H and O–H groups in total. The molecular weight excluding hydrogens is 298 g/mol. The van der Waals surface area contributed by atoms with Gasteiger partial charge in [-0.05, 0) is 18.4 Å². The van der Waals surface area contributed by atoms with Crippen molar-refractivity contribution in [2.75, 3.05) is 25.1 Å². The van der Waals surface area contributed by atoms with E-state index in [-0.39, 0.29) is 24.9 Å². The highest BCUT2D eigenvalue weighted by Gasteiger charge is 2.16. The van der Waals surface area contributed by atoms with Gasteiger partial charge in [0.05, 0.1) is 0 Å². The molecule has 116 valence electrons. The van der Waals surface area contributed by atoms with E-state index >= 15 is 0 Å². The first kappa shape index (κ1) is 17.4. The maximum atomic E-state index is 13.4. The van der Waals surface area contributed by atoms with Crippen LogP contribution >= 0.6 is 11.8 Å².